The molecule has 1 fully saturated rings. The number of nitrogens with zero attached hydrogens (tertiary/aromatic N) is 1. The van der Waals surface area contributed by atoms with E-state index in [1.807, 2.05) is 49.4 Å². The van der Waals surface area contributed by atoms with Crippen molar-refractivity contribution in [2.45, 2.75) is 45.2 Å². The zero-order chi connectivity index (χ0) is 22.7. The molecule has 0 bridgehead atoms. The summed E-state index contributed by atoms with van der Waals surface area (Å²) in [5, 5.41) is 22.1. The van der Waals surface area contributed by atoms with Crippen LogP contribution in [0.4, 0.5) is 0 Å². The summed E-state index contributed by atoms with van der Waals surface area (Å²) in [7, 11) is 0. The molecular weight excluding hydrogens is 400 g/mol. The minimum absolute atomic E-state index is 0.0172. The number of hydrogen-bond acceptors (Lipinski definition) is 4. The Bertz CT molecular complexity index is 974. The van der Waals surface area contributed by atoms with Crippen LogP contribution in [0.5, 0.6) is 0 Å². The first-order valence-corrected chi connectivity index (χ1v) is 11.4. The molecule has 3 aliphatic rings. The lowest BCUT2D eigenvalue weighted by Gasteiger charge is -2.30. The Morgan fingerprint density at radius 3 is 2.72 bits per heavy atom. The molecule has 0 spiro atoms. The van der Waals surface area contributed by atoms with Crippen LogP contribution in [0.1, 0.15) is 25.8 Å². The van der Waals surface area contributed by atoms with Gasteiger partial charge in [-0.05, 0) is 49.8 Å². The summed E-state index contributed by atoms with van der Waals surface area (Å²) in [5.41, 5.74) is 2.47. The van der Waals surface area contributed by atoms with Crippen LogP contribution < -0.4 is 5.32 Å². The van der Waals surface area contributed by atoms with E-state index in [0.717, 1.165) is 18.5 Å². The van der Waals surface area contributed by atoms with Crippen molar-refractivity contribution >= 4 is 5.91 Å². The van der Waals surface area contributed by atoms with Crippen molar-refractivity contribution in [2.24, 2.45) is 17.8 Å². The second-order valence-electron chi connectivity index (χ2n) is 8.90. The average molecular weight is 433 g/mol. The molecule has 1 amide bonds. The van der Waals surface area contributed by atoms with Gasteiger partial charge in [-0.25, -0.2) is 0 Å². The Labute approximate surface area is 190 Å². The van der Waals surface area contributed by atoms with Crippen LogP contribution in [0.25, 0.3) is 0 Å². The molecule has 3 N–H and O–H groups in total. The first-order chi connectivity index (χ1) is 15.5. The topological polar surface area (TPSA) is 72.8 Å². The molecule has 5 atom stereocenters. The summed E-state index contributed by atoms with van der Waals surface area (Å²) < 4.78 is 0. The van der Waals surface area contributed by atoms with Crippen LogP contribution in [0.15, 0.2) is 90.2 Å². The number of benzene rings is 1. The van der Waals surface area contributed by atoms with E-state index >= 15 is 0 Å². The molecule has 32 heavy (non-hydrogen) atoms. The second-order valence-corrected chi connectivity index (χ2v) is 8.90. The van der Waals surface area contributed by atoms with Gasteiger partial charge in [0.05, 0.1) is 6.04 Å². The summed E-state index contributed by atoms with van der Waals surface area (Å²) in [4.78, 5) is 15.5. The molecule has 0 aromatic heterocycles. The van der Waals surface area contributed by atoms with Gasteiger partial charge in [-0.2, -0.15) is 0 Å². The van der Waals surface area contributed by atoms with Crippen LogP contribution >= 0.6 is 0 Å². The summed E-state index contributed by atoms with van der Waals surface area (Å²) in [6.07, 6.45) is 15.3. The molecule has 168 valence electrons. The van der Waals surface area contributed by atoms with E-state index in [1.54, 1.807) is 6.08 Å². The van der Waals surface area contributed by atoms with Crippen molar-refractivity contribution in [2.75, 3.05) is 0 Å². The van der Waals surface area contributed by atoms with Crippen molar-refractivity contribution in [3.63, 3.8) is 0 Å². The fourth-order valence-corrected chi connectivity index (χ4v) is 4.81. The number of hydrogen-bond donors (Lipinski definition) is 3. The summed E-state index contributed by atoms with van der Waals surface area (Å²) >= 11 is 0. The van der Waals surface area contributed by atoms with Crippen LogP contribution in [0.2, 0.25) is 0 Å². The van der Waals surface area contributed by atoms with Crippen molar-refractivity contribution in [1.82, 2.24) is 10.2 Å². The maximum Gasteiger partial charge on any atom is 0.249 e. The molecule has 2 aliphatic carbocycles. The van der Waals surface area contributed by atoms with Gasteiger partial charge in [-0.3, -0.25) is 4.79 Å². The largest absolute Gasteiger partial charge is 0.367 e. The Morgan fingerprint density at radius 2 is 1.97 bits per heavy atom. The van der Waals surface area contributed by atoms with Gasteiger partial charge in [0.25, 0.3) is 0 Å². The first kappa shape index (κ1) is 22.3. The highest BCUT2D eigenvalue weighted by atomic mass is 16.5. The van der Waals surface area contributed by atoms with Crippen LogP contribution in [-0.4, -0.2) is 39.4 Å². The monoisotopic (exact) mass is 432 g/mol. The van der Waals surface area contributed by atoms with Gasteiger partial charge in [-0.15, -0.1) is 0 Å². The molecule has 1 heterocycles. The third-order valence-electron chi connectivity index (χ3n) is 6.72. The molecular formula is C27H32N2O3. The highest BCUT2D eigenvalue weighted by Crippen LogP contribution is 2.53. The average Bonchev–Trinajstić information content (AvgIpc) is 3.49. The van der Waals surface area contributed by atoms with Crippen molar-refractivity contribution in [3.8, 4) is 0 Å². The molecule has 0 radical (unpaired) electrons. The molecule has 4 rings (SSSR count). The van der Waals surface area contributed by atoms with Gasteiger partial charge in [0, 0.05) is 23.7 Å². The standard InChI is InChI=1S/C27H32N2O3/c1-18(25-23-14-13-21(27(31)32)16-24(23)25)28-26(30)22-12-8-3-4-9-15-29(19(22)2)17-20-10-6-5-7-11-20/h3,5-16,18-19,23-25,27,31-32H,4,17H2,1-2H3,(H,28,30)/b8-3-,15-9-,22-12+/t18-,19?,23-,24?,25?/m0/s1. The number of fused-ring (bicyclic) bond motifs is 1. The normalized spacial score (nSPS) is 31.2. The SMILES string of the molecule is CC1/C(C(=O)N[C@@H](C)C2C3C=C(C(O)O)C=C[C@@H]32)=C\C=C/C/C=C\N1Cc1ccccc1. The fourth-order valence-electron chi connectivity index (χ4n) is 4.81. The van der Waals surface area contributed by atoms with E-state index in [4.69, 9.17) is 0 Å². The quantitative estimate of drug-likeness (QED) is 0.602. The Kier molecular flexibility index (Phi) is 6.77. The number of rotatable bonds is 6. The molecule has 5 nitrogen and oxygen atoms in total. The summed E-state index contributed by atoms with van der Waals surface area (Å²) in [6, 6.07) is 10.2. The number of amides is 1. The van der Waals surface area contributed by atoms with Gasteiger partial charge in [0.1, 0.15) is 0 Å². The smallest absolute Gasteiger partial charge is 0.249 e. The Hall–Kier alpha value is -2.89. The van der Waals surface area contributed by atoms with Gasteiger partial charge >= 0.3 is 0 Å². The van der Waals surface area contributed by atoms with Gasteiger partial charge in [0.15, 0.2) is 6.29 Å². The first-order valence-electron chi connectivity index (χ1n) is 11.4. The minimum atomic E-state index is -1.45. The number of nitrogens with one attached hydrogen (secondary N) is 1. The van der Waals surface area contributed by atoms with E-state index in [1.165, 1.54) is 5.56 Å². The van der Waals surface area contributed by atoms with E-state index in [0.29, 0.717) is 11.5 Å². The lowest BCUT2D eigenvalue weighted by molar-refractivity contribution is -0.118. The zero-order valence-corrected chi connectivity index (χ0v) is 18.6. The number of carbonyl (C=O) groups is 1. The zero-order valence-electron chi connectivity index (χ0n) is 18.6. The number of aliphatic hydroxyl groups excluding tert-OH is 1. The minimum Gasteiger partial charge on any atom is -0.367 e. The van der Waals surface area contributed by atoms with Crippen LogP contribution in [-0.2, 0) is 11.3 Å². The number of aliphatic hydroxyl groups is 2. The molecule has 1 aliphatic heterocycles. The molecule has 5 heteroatoms. The maximum absolute atomic E-state index is 13.3. The lowest BCUT2D eigenvalue weighted by atomic mass is 10.0. The predicted molar refractivity (Wildman–Crippen MR) is 126 cm³/mol. The Morgan fingerprint density at radius 1 is 1.19 bits per heavy atom. The summed E-state index contributed by atoms with van der Waals surface area (Å²) in [6.45, 7) is 4.84. The van der Waals surface area contributed by atoms with Crippen LogP contribution in [0.3, 0.4) is 0 Å². The molecule has 1 saturated carbocycles. The third-order valence-corrected chi connectivity index (χ3v) is 6.72. The highest BCUT2D eigenvalue weighted by Gasteiger charge is 2.51. The predicted octanol–water partition coefficient (Wildman–Crippen LogP) is 3.45. The molecule has 1 aromatic carbocycles. The van der Waals surface area contributed by atoms with Crippen LogP contribution in [0, 0.1) is 17.8 Å². The van der Waals surface area contributed by atoms with Gasteiger partial charge in [-0.1, -0.05) is 72.9 Å². The number of carbonyl (C=O) groups excluding carboxylic acids is 1. The fraction of sp³-hybridized carbons (Fsp3) is 0.370. The third kappa shape index (κ3) is 4.95. The van der Waals surface area contributed by atoms with E-state index in [2.05, 4.69) is 47.6 Å². The van der Waals surface area contributed by atoms with E-state index in [-0.39, 0.29) is 29.8 Å². The van der Waals surface area contributed by atoms with Crippen molar-refractivity contribution in [1.29, 1.82) is 0 Å². The van der Waals surface area contributed by atoms with E-state index < -0.39 is 6.29 Å². The summed E-state index contributed by atoms with van der Waals surface area (Å²) in [5.74, 6) is 0.810. The molecule has 0 saturated heterocycles. The molecule has 1 aromatic rings. The van der Waals surface area contributed by atoms with Crippen molar-refractivity contribution < 1.29 is 15.0 Å². The molecule has 3 unspecified atom stereocenters. The number of allylic oxidation sites excluding steroid dienone is 6. The highest BCUT2D eigenvalue weighted by molar-refractivity contribution is 5.95. The Balaban J connectivity index is 1.45. The lowest BCUT2D eigenvalue weighted by Crippen LogP contribution is -2.41. The van der Waals surface area contributed by atoms with E-state index in [9.17, 15) is 15.0 Å². The van der Waals surface area contributed by atoms with Gasteiger partial charge in [0.2, 0.25) is 5.91 Å². The van der Waals surface area contributed by atoms with Gasteiger partial charge < -0.3 is 20.4 Å². The van der Waals surface area contributed by atoms with Crippen molar-refractivity contribution in [3.05, 3.63) is 95.8 Å². The maximum atomic E-state index is 13.3. The second kappa shape index (κ2) is 9.72.